The predicted octanol–water partition coefficient (Wildman–Crippen LogP) is 5.80. The summed E-state index contributed by atoms with van der Waals surface area (Å²) >= 11 is 5.40. The topological polar surface area (TPSA) is 29.9 Å². The van der Waals surface area contributed by atoms with Crippen LogP contribution in [0.4, 0.5) is 0 Å². The van der Waals surface area contributed by atoms with Crippen LogP contribution < -0.4 is 4.72 Å². The molecule has 0 aliphatic rings. The van der Waals surface area contributed by atoms with E-state index < -0.39 is 0 Å². The molecule has 3 rings (SSSR count). The molecule has 3 aromatic rings. The fourth-order valence-corrected chi connectivity index (χ4v) is 4.70. The van der Waals surface area contributed by atoms with E-state index in [1.165, 1.54) is 21.6 Å². The van der Waals surface area contributed by atoms with Crippen molar-refractivity contribution in [3.05, 3.63) is 57.8 Å². The number of fused-ring (bicyclic) bond motifs is 1. The lowest BCUT2D eigenvalue weighted by Crippen LogP contribution is -2.27. The van der Waals surface area contributed by atoms with Gasteiger partial charge in [0.1, 0.15) is 5.65 Å². The van der Waals surface area contributed by atoms with Gasteiger partial charge in [0.15, 0.2) is 0 Å². The van der Waals surface area contributed by atoms with Crippen LogP contribution in [0.3, 0.4) is 0 Å². The minimum absolute atomic E-state index is 0.370. The average molecular weight is 418 g/mol. The molecule has 3 nitrogen and oxygen atoms in total. The molecule has 0 amide bonds. The van der Waals surface area contributed by atoms with Crippen LogP contribution in [-0.2, 0) is 6.54 Å². The summed E-state index contributed by atoms with van der Waals surface area (Å²) in [6, 6.07) is 8.95. The van der Waals surface area contributed by atoms with Crippen LogP contribution in [0.2, 0.25) is 0 Å². The molecule has 0 fully saturated rings. The molecule has 0 radical (unpaired) electrons. The number of pyridine rings is 1. The Morgan fingerprint density at radius 1 is 1.24 bits per heavy atom. The van der Waals surface area contributed by atoms with Gasteiger partial charge in [0.25, 0.3) is 0 Å². The van der Waals surface area contributed by atoms with Crippen molar-refractivity contribution in [1.29, 1.82) is 0 Å². The summed E-state index contributed by atoms with van der Waals surface area (Å²) in [5.41, 5.74) is 5.02. The second kappa shape index (κ2) is 7.94. The quantitative estimate of drug-likeness (QED) is 0.513. The van der Waals surface area contributed by atoms with Crippen LogP contribution in [-0.4, -0.2) is 15.6 Å². The van der Waals surface area contributed by atoms with Gasteiger partial charge < -0.3 is 4.57 Å². The second-order valence-electron chi connectivity index (χ2n) is 6.56. The Labute approximate surface area is 162 Å². The van der Waals surface area contributed by atoms with Gasteiger partial charge in [0.05, 0.1) is 0 Å². The lowest BCUT2D eigenvalue weighted by molar-refractivity contribution is 0.520. The maximum absolute atomic E-state index is 4.54. The number of nitrogens with zero attached hydrogens (tertiary/aromatic N) is 2. The molecule has 132 valence electrons. The molecule has 1 atom stereocenters. The monoisotopic (exact) mass is 417 g/mol. The largest absolute Gasteiger partial charge is 0.330 e. The first-order valence-corrected chi connectivity index (χ1v) is 10.2. The SMILES string of the molecule is CC[C@@H](Cn1cc(Br)c2cccnc21)NSc1c(C)cc(C)cc1C. The number of benzene rings is 1. The Balaban J connectivity index is 1.75. The van der Waals surface area contributed by atoms with Gasteiger partial charge in [-0.15, -0.1) is 0 Å². The summed E-state index contributed by atoms with van der Waals surface area (Å²) in [5, 5.41) is 1.16. The van der Waals surface area contributed by atoms with Gasteiger partial charge in [-0.05, 0) is 78.3 Å². The molecule has 5 heteroatoms. The molecule has 0 unspecified atom stereocenters. The first-order chi connectivity index (χ1) is 12.0. The third kappa shape index (κ3) is 4.10. The molecule has 25 heavy (non-hydrogen) atoms. The van der Waals surface area contributed by atoms with Gasteiger partial charge in [-0.1, -0.05) is 24.6 Å². The molecule has 0 aliphatic heterocycles. The highest BCUT2D eigenvalue weighted by Gasteiger charge is 2.13. The zero-order chi connectivity index (χ0) is 18.0. The maximum Gasteiger partial charge on any atom is 0.141 e. The van der Waals surface area contributed by atoms with Crippen molar-refractivity contribution in [2.75, 3.05) is 0 Å². The van der Waals surface area contributed by atoms with Gasteiger partial charge in [-0.25, -0.2) is 4.98 Å². The van der Waals surface area contributed by atoms with Gasteiger partial charge in [0, 0.05) is 39.7 Å². The van der Waals surface area contributed by atoms with Gasteiger partial charge >= 0.3 is 0 Å². The minimum atomic E-state index is 0.370. The molecule has 0 bridgehead atoms. The van der Waals surface area contributed by atoms with Crippen LogP contribution in [0.1, 0.15) is 30.0 Å². The first kappa shape index (κ1) is 18.5. The lowest BCUT2D eigenvalue weighted by atomic mass is 10.1. The summed E-state index contributed by atoms with van der Waals surface area (Å²) in [5.74, 6) is 0. The van der Waals surface area contributed by atoms with Crippen molar-refractivity contribution < 1.29 is 0 Å². The van der Waals surface area contributed by atoms with Crippen LogP contribution in [0.25, 0.3) is 11.0 Å². The van der Waals surface area contributed by atoms with E-state index in [0.29, 0.717) is 6.04 Å². The number of halogens is 1. The lowest BCUT2D eigenvalue weighted by Gasteiger charge is -2.19. The smallest absolute Gasteiger partial charge is 0.141 e. The molecule has 2 heterocycles. The highest BCUT2D eigenvalue weighted by Crippen LogP contribution is 2.28. The number of hydrogen-bond acceptors (Lipinski definition) is 3. The van der Waals surface area contributed by atoms with Gasteiger partial charge in [0.2, 0.25) is 0 Å². The highest BCUT2D eigenvalue weighted by atomic mass is 79.9. The summed E-state index contributed by atoms with van der Waals surface area (Å²) < 4.78 is 6.99. The minimum Gasteiger partial charge on any atom is -0.330 e. The Kier molecular flexibility index (Phi) is 5.87. The van der Waals surface area contributed by atoms with Crippen molar-refractivity contribution in [2.45, 2.75) is 51.6 Å². The number of aromatic nitrogens is 2. The molecule has 0 saturated heterocycles. The summed E-state index contributed by atoms with van der Waals surface area (Å²) in [4.78, 5) is 5.88. The standard InChI is InChI=1S/C20H24BrN3S/c1-5-16(23-25-19-14(3)9-13(2)10-15(19)4)11-24-12-18(21)17-7-6-8-22-20(17)24/h6-10,12,16,23H,5,11H2,1-4H3/t16-/m0/s1. The zero-order valence-corrected chi connectivity index (χ0v) is 17.5. The third-order valence-electron chi connectivity index (χ3n) is 4.43. The fraction of sp³-hybridized carbons (Fsp3) is 0.350. The number of hydrogen-bond donors (Lipinski definition) is 1. The molecular formula is C20H24BrN3S. The van der Waals surface area contributed by atoms with Crippen molar-refractivity contribution in [2.24, 2.45) is 0 Å². The molecule has 1 aromatic carbocycles. The first-order valence-electron chi connectivity index (χ1n) is 8.59. The van der Waals surface area contributed by atoms with E-state index in [0.717, 1.165) is 28.5 Å². The molecule has 2 aromatic heterocycles. The number of aryl methyl sites for hydroxylation is 3. The normalized spacial score (nSPS) is 12.7. The predicted molar refractivity (Wildman–Crippen MR) is 111 cm³/mol. The zero-order valence-electron chi connectivity index (χ0n) is 15.1. The van der Waals surface area contributed by atoms with Gasteiger partial charge in [-0.2, -0.15) is 0 Å². The Bertz CT molecular complexity index is 865. The highest BCUT2D eigenvalue weighted by molar-refractivity contribution is 9.10. The summed E-state index contributed by atoms with van der Waals surface area (Å²) in [6.45, 7) is 9.64. The Hall–Kier alpha value is -1.30. The van der Waals surface area contributed by atoms with E-state index >= 15 is 0 Å². The van der Waals surface area contributed by atoms with E-state index in [1.54, 1.807) is 11.9 Å². The maximum atomic E-state index is 4.54. The number of rotatable bonds is 6. The van der Waals surface area contributed by atoms with Crippen molar-refractivity contribution in [1.82, 2.24) is 14.3 Å². The number of nitrogens with one attached hydrogen (secondary N) is 1. The molecular weight excluding hydrogens is 394 g/mol. The van der Waals surface area contributed by atoms with E-state index in [-0.39, 0.29) is 0 Å². The van der Waals surface area contributed by atoms with E-state index in [9.17, 15) is 0 Å². The summed E-state index contributed by atoms with van der Waals surface area (Å²) in [7, 11) is 0. The molecule has 0 spiro atoms. The third-order valence-corrected chi connectivity index (χ3v) is 6.36. The van der Waals surface area contributed by atoms with Crippen LogP contribution in [0.5, 0.6) is 0 Å². The molecule has 0 aliphatic carbocycles. The van der Waals surface area contributed by atoms with Crippen LogP contribution in [0, 0.1) is 20.8 Å². The molecule has 1 N–H and O–H groups in total. The van der Waals surface area contributed by atoms with Crippen LogP contribution in [0.15, 0.2) is 46.0 Å². The summed E-state index contributed by atoms with van der Waals surface area (Å²) in [6.07, 6.45) is 5.05. The van der Waals surface area contributed by atoms with E-state index in [1.807, 2.05) is 12.3 Å². The van der Waals surface area contributed by atoms with Crippen molar-refractivity contribution in [3.8, 4) is 0 Å². The fourth-order valence-electron chi connectivity index (χ4n) is 3.18. The van der Waals surface area contributed by atoms with Gasteiger partial charge in [-0.3, -0.25) is 4.72 Å². The van der Waals surface area contributed by atoms with Crippen LogP contribution >= 0.6 is 27.9 Å². The van der Waals surface area contributed by atoms with Crippen molar-refractivity contribution >= 4 is 38.9 Å². The van der Waals surface area contributed by atoms with Crippen molar-refractivity contribution in [3.63, 3.8) is 0 Å². The average Bonchev–Trinajstić information content (AvgIpc) is 2.89. The second-order valence-corrected chi connectivity index (χ2v) is 8.26. The Morgan fingerprint density at radius 3 is 2.64 bits per heavy atom. The molecule has 0 saturated carbocycles. The Morgan fingerprint density at radius 2 is 1.96 bits per heavy atom. The van der Waals surface area contributed by atoms with E-state index in [2.05, 4.69) is 82.3 Å². The van der Waals surface area contributed by atoms with E-state index in [4.69, 9.17) is 0 Å².